The number of amides is 2. The maximum Gasteiger partial charge on any atom is 0.231 e. The van der Waals surface area contributed by atoms with Crippen molar-refractivity contribution < 1.29 is 14.0 Å². The molecular weight excluding hydrogens is 377 g/mol. The zero-order valence-corrected chi connectivity index (χ0v) is 16.3. The van der Waals surface area contributed by atoms with Gasteiger partial charge in [-0.2, -0.15) is 0 Å². The molecule has 1 aliphatic heterocycles. The summed E-state index contributed by atoms with van der Waals surface area (Å²) in [6.45, 7) is 2.94. The van der Waals surface area contributed by atoms with Crippen LogP contribution in [0.2, 0.25) is 0 Å². The largest absolute Gasteiger partial charge is 0.342 e. The Morgan fingerprint density at radius 3 is 2.86 bits per heavy atom. The standard InChI is InChI=1S/C21H20FN3O2S/c1-13-2-7-17-18(10-13)28-21(23-17)24-20(27)15-11-19(26)25(12-15)9-8-14-3-5-16(22)6-4-14/h2-7,10,15H,8-9,11-12H2,1H3,(H,23,24,27)/t15-/m0/s1. The molecule has 0 bridgehead atoms. The van der Waals surface area contributed by atoms with E-state index in [2.05, 4.69) is 10.3 Å². The molecule has 1 fully saturated rings. The minimum absolute atomic E-state index is 0.0258. The predicted molar refractivity (Wildman–Crippen MR) is 108 cm³/mol. The molecule has 1 atom stereocenters. The fraction of sp³-hybridized carbons (Fsp3) is 0.286. The molecule has 0 spiro atoms. The summed E-state index contributed by atoms with van der Waals surface area (Å²) < 4.78 is 14.0. The summed E-state index contributed by atoms with van der Waals surface area (Å²) in [6.07, 6.45) is 0.844. The van der Waals surface area contributed by atoms with Gasteiger partial charge in [0, 0.05) is 19.5 Å². The Kier molecular flexibility index (Phi) is 5.09. The van der Waals surface area contributed by atoms with Gasteiger partial charge < -0.3 is 10.2 Å². The van der Waals surface area contributed by atoms with Gasteiger partial charge in [0.1, 0.15) is 5.82 Å². The number of hydrogen-bond donors (Lipinski definition) is 1. The van der Waals surface area contributed by atoms with E-state index in [1.54, 1.807) is 17.0 Å². The monoisotopic (exact) mass is 397 g/mol. The van der Waals surface area contributed by atoms with E-state index in [9.17, 15) is 14.0 Å². The summed E-state index contributed by atoms with van der Waals surface area (Å²) >= 11 is 1.44. The van der Waals surface area contributed by atoms with Crippen LogP contribution in [-0.4, -0.2) is 34.8 Å². The van der Waals surface area contributed by atoms with E-state index < -0.39 is 0 Å². The number of thiazole rings is 1. The highest BCUT2D eigenvalue weighted by Crippen LogP contribution is 2.28. The van der Waals surface area contributed by atoms with Crippen LogP contribution < -0.4 is 5.32 Å². The second kappa shape index (κ2) is 7.67. The molecule has 2 amide bonds. The molecule has 0 unspecified atom stereocenters. The van der Waals surface area contributed by atoms with Gasteiger partial charge in [-0.15, -0.1) is 0 Å². The van der Waals surface area contributed by atoms with Crippen LogP contribution in [0.4, 0.5) is 9.52 Å². The third kappa shape index (κ3) is 4.04. The topological polar surface area (TPSA) is 62.3 Å². The first-order valence-electron chi connectivity index (χ1n) is 9.18. The van der Waals surface area contributed by atoms with Crippen molar-refractivity contribution in [3.63, 3.8) is 0 Å². The quantitative estimate of drug-likeness (QED) is 0.713. The van der Waals surface area contributed by atoms with Gasteiger partial charge in [0.2, 0.25) is 11.8 Å². The minimum atomic E-state index is -0.380. The number of likely N-dealkylation sites (tertiary alicyclic amines) is 1. The molecule has 144 valence electrons. The first kappa shape index (κ1) is 18.6. The molecule has 4 rings (SSSR count). The van der Waals surface area contributed by atoms with E-state index >= 15 is 0 Å². The van der Waals surface area contributed by atoms with Crippen molar-refractivity contribution in [2.75, 3.05) is 18.4 Å². The van der Waals surface area contributed by atoms with Gasteiger partial charge in [0.05, 0.1) is 16.1 Å². The van der Waals surface area contributed by atoms with Gasteiger partial charge in [-0.05, 0) is 48.7 Å². The van der Waals surface area contributed by atoms with Crippen molar-refractivity contribution in [3.8, 4) is 0 Å². The fourth-order valence-corrected chi connectivity index (χ4v) is 4.34. The number of anilines is 1. The number of nitrogens with one attached hydrogen (secondary N) is 1. The lowest BCUT2D eigenvalue weighted by molar-refractivity contribution is -0.128. The van der Waals surface area contributed by atoms with Crippen LogP contribution in [0.15, 0.2) is 42.5 Å². The SMILES string of the molecule is Cc1ccc2nc(NC(=O)[C@H]3CC(=O)N(CCc4ccc(F)cc4)C3)sc2c1. The number of halogens is 1. The highest BCUT2D eigenvalue weighted by Gasteiger charge is 2.34. The van der Waals surface area contributed by atoms with Gasteiger partial charge in [0.15, 0.2) is 5.13 Å². The van der Waals surface area contributed by atoms with Crippen LogP contribution in [-0.2, 0) is 16.0 Å². The number of aryl methyl sites for hydroxylation is 1. The third-order valence-electron chi connectivity index (χ3n) is 4.94. The lowest BCUT2D eigenvalue weighted by atomic mass is 10.1. The molecule has 2 heterocycles. The molecule has 0 aliphatic carbocycles. The Labute approximate surface area is 166 Å². The van der Waals surface area contributed by atoms with Gasteiger partial charge in [-0.3, -0.25) is 9.59 Å². The molecule has 1 aromatic heterocycles. The van der Waals surface area contributed by atoms with Crippen molar-refractivity contribution in [1.29, 1.82) is 0 Å². The molecule has 1 saturated heterocycles. The Hall–Kier alpha value is -2.80. The lowest BCUT2D eigenvalue weighted by Crippen LogP contribution is -2.30. The minimum Gasteiger partial charge on any atom is -0.342 e. The van der Waals surface area contributed by atoms with E-state index in [0.29, 0.717) is 24.6 Å². The van der Waals surface area contributed by atoms with Crippen LogP contribution in [0.5, 0.6) is 0 Å². The number of carbonyl (C=O) groups excluding carboxylic acids is 2. The summed E-state index contributed by atoms with van der Waals surface area (Å²) in [5.41, 5.74) is 2.97. The van der Waals surface area contributed by atoms with Crippen molar-refractivity contribution in [2.24, 2.45) is 5.92 Å². The maximum atomic E-state index is 13.0. The maximum absolute atomic E-state index is 13.0. The number of carbonyl (C=O) groups is 2. The zero-order chi connectivity index (χ0) is 19.7. The Balaban J connectivity index is 1.35. The fourth-order valence-electron chi connectivity index (χ4n) is 3.37. The number of hydrogen-bond acceptors (Lipinski definition) is 4. The van der Waals surface area contributed by atoms with E-state index in [1.807, 2.05) is 25.1 Å². The van der Waals surface area contributed by atoms with Crippen molar-refractivity contribution in [1.82, 2.24) is 9.88 Å². The van der Waals surface area contributed by atoms with Crippen LogP contribution in [0.3, 0.4) is 0 Å². The highest BCUT2D eigenvalue weighted by molar-refractivity contribution is 7.22. The van der Waals surface area contributed by atoms with Gasteiger partial charge in [0.25, 0.3) is 0 Å². The van der Waals surface area contributed by atoms with E-state index in [1.165, 1.54) is 23.5 Å². The Bertz CT molecular complexity index is 1030. The van der Waals surface area contributed by atoms with Crippen LogP contribution in [0, 0.1) is 18.7 Å². The van der Waals surface area contributed by atoms with Gasteiger partial charge in [-0.1, -0.05) is 29.5 Å². The molecule has 7 heteroatoms. The van der Waals surface area contributed by atoms with Crippen molar-refractivity contribution in [3.05, 3.63) is 59.4 Å². The smallest absolute Gasteiger partial charge is 0.231 e. The number of fused-ring (bicyclic) bond motifs is 1. The summed E-state index contributed by atoms with van der Waals surface area (Å²) in [7, 11) is 0. The second-order valence-corrected chi connectivity index (χ2v) is 8.13. The molecule has 28 heavy (non-hydrogen) atoms. The molecule has 2 aromatic carbocycles. The molecular formula is C21H20FN3O2S. The molecule has 0 radical (unpaired) electrons. The molecule has 0 saturated carbocycles. The lowest BCUT2D eigenvalue weighted by Gasteiger charge is -2.16. The van der Waals surface area contributed by atoms with Crippen molar-refractivity contribution >= 4 is 38.5 Å². The summed E-state index contributed by atoms with van der Waals surface area (Å²) in [4.78, 5) is 31.0. The van der Waals surface area contributed by atoms with Crippen LogP contribution >= 0.6 is 11.3 Å². The Morgan fingerprint density at radius 1 is 1.29 bits per heavy atom. The third-order valence-corrected chi connectivity index (χ3v) is 5.88. The molecule has 3 aromatic rings. The van der Waals surface area contributed by atoms with E-state index in [4.69, 9.17) is 0 Å². The normalized spacial score (nSPS) is 16.7. The zero-order valence-electron chi connectivity index (χ0n) is 15.4. The summed E-state index contributed by atoms with van der Waals surface area (Å²) in [5.74, 6) is -0.854. The van der Waals surface area contributed by atoms with E-state index in [0.717, 1.165) is 21.3 Å². The average Bonchev–Trinajstić information content (AvgIpc) is 3.23. The number of benzene rings is 2. The Morgan fingerprint density at radius 2 is 2.07 bits per heavy atom. The predicted octanol–water partition coefficient (Wildman–Crippen LogP) is 3.77. The number of aromatic nitrogens is 1. The summed E-state index contributed by atoms with van der Waals surface area (Å²) in [5, 5.41) is 3.42. The molecule has 1 N–H and O–H groups in total. The van der Waals surface area contributed by atoms with Crippen molar-refractivity contribution in [2.45, 2.75) is 19.8 Å². The van der Waals surface area contributed by atoms with Crippen LogP contribution in [0.1, 0.15) is 17.5 Å². The number of nitrogens with zero attached hydrogens (tertiary/aromatic N) is 2. The highest BCUT2D eigenvalue weighted by atomic mass is 32.1. The first-order valence-corrected chi connectivity index (χ1v) is 10.00. The van der Waals surface area contributed by atoms with E-state index in [-0.39, 0.29) is 30.0 Å². The average molecular weight is 397 g/mol. The summed E-state index contributed by atoms with van der Waals surface area (Å²) in [6, 6.07) is 12.2. The second-order valence-electron chi connectivity index (χ2n) is 7.10. The molecule has 5 nitrogen and oxygen atoms in total. The van der Waals surface area contributed by atoms with Gasteiger partial charge in [-0.25, -0.2) is 9.37 Å². The molecule has 1 aliphatic rings. The first-order chi connectivity index (χ1) is 13.5. The number of rotatable bonds is 5. The van der Waals surface area contributed by atoms with Gasteiger partial charge >= 0.3 is 0 Å². The van der Waals surface area contributed by atoms with Crippen LogP contribution in [0.25, 0.3) is 10.2 Å².